The van der Waals surface area contributed by atoms with Gasteiger partial charge in [-0.25, -0.2) is 0 Å². The fourth-order valence-corrected chi connectivity index (χ4v) is 2.46. The Morgan fingerprint density at radius 1 is 1.25 bits per heavy atom. The van der Waals surface area contributed by atoms with Crippen molar-refractivity contribution in [3.05, 3.63) is 34.7 Å². The van der Waals surface area contributed by atoms with E-state index in [1.165, 1.54) is 21.2 Å². The lowest BCUT2D eigenvalue weighted by atomic mass is 10.0. The van der Waals surface area contributed by atoms with E-state index in [4.69, 9.17) is 10.0 Å². The van der Waals surface area contributed by atoms with Gasteiger partial charge in [0.1, 0.15) is 0 Å². The summed E-state index contributed by atoms with van der Waals surface area (Å²) in [6.45, 7) is 6.66. The summed E-state index contributed by atoms with van der Waals surface area (Å²) in [7, 11) is -0.750. The van der Waals surface area contributed by atoms with Crippen LogP contribution in [0.25, 0.3) is 10.1 Å². The van der Waals surface area contributed by atoms with Crippen LogP contribution in [0.4, 0.5) is 0 Å². The minimum atomic E-state index is -0.750. The van der Waals surface area contributed by atoms with Crippen LogP contribution in [-0.4, -0.2) is 17.7 Å². The Balaban J connectivity index is 0.000000386. The number of fused-ring (bicyclic) bond motifs is 1. The summed E-state index contributed by atoms with van der Waals surface area (Å²) in [5, 5.41) is 17.9. The van der Waals surface area contributed by atoms with Gasteiger partial charge in [-0.2, -0.15) is 0 Å². The molecule has 86 valence electrons. The van der Waals surface area contributed by atoms with E-state index in [1.54, 1.807) is 0 Å². The molecule has 1 heterocycles. The molecule has 0 amide bonds. The fourth-order valence-electron chi connectivity index (χ4n) is 1.53. The Hall–Kier alpha value is -0.835. The van der Waals surface area contributed by atoms with Crippen LogP contribution >= 0.6 is 11.3 Å². The maximum Gasteiger partial charge on any atom is 0.432 e. The first-order valence-electron chi connectivity index (χ1n) is 5.29. The number of hydrogen-bond acceptors (Lipinski definition) is 3. The maximum atomic E-state index is 7.12. The third kappa shape index (κ3) is 3.08. The molecule has 2 nitrogen and oxygen atoms in total. The molecular formula is C12H17BO2S. The molecule has 0 fully saturated rings. The van der Waals surface area contributed by atoms with E-state index in [0.717, 1.165) is 0 Å². The average molecular weight is 236 g/mol. The van der Waals surface area contributed by atoms with Gasteiger partial charge in [-0.3, -0.25) is 0 Å². The highest BCUT2D eigenvalue weighted by atomic mass is 32.1. The van der Waals surface area contributed by atoms with E-state index in [1.807, 2.05) is 11.3 Å². The van der Waals surface area contributed by atoms with E-state index in [2.05, 4.69) is 44.4 Å². The zero-order chi connectivity index (χ0) is 12.1. The van der Waals surface area contributed by atoms with Gasteiger partial charge in [0.15, 0.2) is 0 Å². The Morgan fingerprint density at radius 3 is 2.44 bits per heavy atom. The number of rotatable bonds is 1. The summed E-state index contributed by atoms with van der Waals surface area (Å²) >= 11 is 1.83. The van der Waals surface area contributed by atoms with Crippen LogP contribution in [0.5, 0.6) is 0 Å². The lowest BCUT2D eigenvalue weighted by Crippen LogP contribution is -1.85. The smallest absolute Gasteiger partial charge is 0.430 e. The molecule has 2 rings (SSSR count). The molecule has 0 radical (unpaired) electrons. The fraction of sp³-hybridized carbons (Fsp3) is 0.333. The molecule has 0 bridgehead atoms. The molecule has 2 N–H and O–H groups in total. The van der Waals surface area contributed by atoms with Crippen molar-refractivity contribution >= 4 is 29.1 Å². The molecule has 0 unspecified atom stereocenters. The molecular weight excluding hydrogens is 219 g/mol. The van der Waals surface area contributed by atoms with Crippen LogP contribution in [0.3, 0.4) is 0 Å². The summed E-state index contributed by atoms with van der Waals surface area (Å²) in [4.78, 5) is 0. The second-order valence-corrected chi connectivity index (χ2v) is 4.88. The molecule has 2 aromatic rings. The van der Waals surface area contributed by atoms with Gasteiger partial charge in [0.25, 0.3) is 0 Å². The molecule has 0 spiro atoms. The van der Waals surface area contributed by atoms with E-state index in [9.17, 15) is 0 Å². The van der Waals surface area contributed by atoms with Crippen molar-refractivity contribution in [3.63, 3.8) is 0 Å². The summed E-state index contributed by atoms with van der Waals surface area (Å²) in [5.74, 6) is 0.628. The van der Waals surface area contributed by atoms with Crippen LogP contribution < -0.4 is 0 Å². The van der Waals surface area contributed by atoms with Crippen LogP contribution in [-0.2, 0) is 0 Å². The molecule has 0 aliphatic rings. The average Bonchev–Trinajstić information content (AvgIpc) is 2.61. The first-order chi connectivity index (χ1) is 7.60. The summed E-state index contributed by atoms with van der Waals surface area (Å²) in [6, 6.07) is 6.80. The van der Waals surface area contributed by atoms with Crippen molar-refractivity contribution in [2.75, 3.05) is 0 Å². The van der Waals surface area contributed by atoms with Crippen molar-refractivity contribution in [2.24, 2.45) is 0 Å². The zero-order valence-electron chi connectivity index (χ0n) is 9.90. The largest absolute Gasteiger partial charge is 0.432 e. The van der Waals surface area contributed by atoms with Crippen LogP contribution in [0.2, 0.25) is 0 Å². The predicted molar refractivity (Wildman–Crippen MR) is 72.2 cm³/mol. The lowest BCUT2D eigenvalue weighted by Gasteiger charge is -2.04. The lowest BCUT2D eigenvalue weighted by molar-refractivity contribution is 0.448. The standard InChI is InChI=1S/C12H14S.BH3O2/c1-8(2)10-4-5-12-11(6-10)9(3)7-13-12;2-1-3/h4-8H,1-3H3;1-3H. The summed E-state index contributed by atoms with van der Waals surface area (Å²) in [6.07, 6.45) is 0. The van der Waals surface area contributed by atoms with Crippen molar-refractivity contribution in [3.8, 4) is 0 Å². The van der Waals surface area contributed by atoms with Crippen molar-refractivity contribution in [1.82, 2.24) is 0 Å². The van der Waals surface area contributed by atoms with E-state index in [0.29, 0.717) is 5.92 Å². The van der Waals surface area contributed by atoms with Crippen molar-refractivity contribution in [2.45, 2.75) is 26.7 Å². The number of benzene rings is 1. The molecule has 0 aliphatic carbocycles. The normalized spacial score (nSPS) is 10.1. The highest BCUT2D eigenvalue weighted by Gasteiger charge is 2.03. The maximum absolute atomic E-state index is 7.12. The van der Waals surface area contributed by atoms with Crippen molar-refractivity contribution < 1.29 is 10.0 Å². The second-order valence-electron chi connectivity index (χ2n) is 3.97. The summed E-state index contributed by atoms with van der Waals surface area (Å²) < 4.78 is 1.40. The van der Waals surface area contributed by atoms with E-state index >= 15 is 0 Å². The van der Waals surface area contributed by atoms with Crippen LogP contribution in [0.1, 0.15) is 30.9 Å². The van der Waals surface area contributed by atoms with Gasteiger partial charge in [0.05, 0.1) is 0 Å². The minimum absolute atomic E-state index is 0.628. The Kier molecular flexibility index (Phi) is 4.99. The van der Waals surface area contributed by atoms with Gasteiger partial charge in [0, 0.05) is 4.70 Å². The molecule has 1 aromatic heterocycles. The van der Waals surface area contributed by atoms with Gasteiger partial charge in [0.2, 0.25) is 0 Å². The highest BCUT2D eigenvalue weighted by Crippen LogP contribution is 2.28. The molecule has 0 saturated carbocycles. The molecule has 0 aliphatic heterocycles. The van der Waals surface area contributed by atoms with E-state index in [-0.39, 0.29) is 0 Å². The Bertz CT molecular complexity index is 451. The Labute approximate surface area is 101 Å². The first kappa shape index (κ1) is 13.2. The molecule has 0 atom stereocenters. The van der Waals surface area contributed by atoms with Crippen LogP contribution in [0.15, 0.2) is 23.6 Å². The van der Waals surface area contributed by atoms with Gasteiger partial charge in [-0.1, -0.05) is 19.9 Å². The molecule has 0 saturated heterocycles. The molecule has 4 heteroatoms. The minimum Gasteiger partial charge on any atom is -0.430 e. The third-order valence-corrected chi connectivity index (χ3v) is 3.54. The Morgan fingerprint density at radius 2 is 1.88 bits per heavy atom. The zero-order valence-corrected chi connectivity index (χ0v) is 10.7. The molecule has 16 heavy (non-hydrogen) atoms. The SMILES string of the molecule is Cc1csc2ccc(C(C)C)cc12.OBO. The first-order valence-corrected chi connectivity index (χ1v) is 6.17. The van der Waals surface area contributed by atoms with Gasteiger partial charge in [-0.05, 0) is 46.9 Å². The monoisotopic (exact) mass is 236 g/mol. The van der Waals surface area contributed by atoms with Crippen LogP contribution in [0, 0.1) is 6.92 Å². The highest BCUT2D eigenvalue weighted by molar-refractivity contribution is 7.17. The van der Waals surface area contributed by atoms with Gasteiger partial charge < -0.3 is 10.0 Å². The topological polar surface area (TPSA) is 40.5 Å². The van der Waals surface area contributed by atoms with E-state index < -0.39 is 7.69 Å². The quantitative estimate of drug-likeness (QED) is 0.747. The predicted octanol–water partition coefficient (Wildman–Crippen LogP) is 2.57. The molecule has 1 aromatic carbocycles. The number of hydrogen-bond donors (Lipinski definition) is 2. The number of aryl methyl sites for hydroxylation is 1. The third-order valence-electron chi connectivity index (χ3n) is 2.46. The van der Waals surface area contributed by atoms with Gasteiger partial charge in [-0.15, -0.1) is 11.3 Å². The van der Waals surface area contributed by atoms with Gasteiger partial charge >= 0.3 is 7.69 Å². The summed E-state index contributed by atoms with van der Waals surface area (Å²) in [5.41, 5.74) is 2.84. The second kappa shape index (κ2) is 6.04. The number of thiophene rings is 1. The van der Waals surface area contributed by atoms with Crippen molar-refractivity contribution in [1.29, 1.82) is 0 Å².